The number of carbonyl (C=O) groups is 1. The summed E-state index contributed by atoms with van der Waals surface area (Å²) >= 11 is 0. The normalized spacial score (nSPS) is 19.4. The first kappa shape index (κ1) is 19.5. The number of esters is 1. The zero-order chi connectivity index (χ0) is 19.3. The lowest BCUT2D eigenvalue weighted by atomic mass is 9.86. The molecule has 0 saturated carbocycles. The Bertz CT molecular complexity index is 698. The number of hydrogen-bond acceptors (Lipinski definition) is 4. The lowest BCUT2D eigenvalue weighted by Gasteiger charge is -2.37. The van der Waals surface area contributed by atoms with Gasteiger partial charge in [-0.2, -0.15) is 0 Å². The van der Waals surface area contributed by atoms with Gasteiger partial charge in [-0.05, 0) is 37.4 Å². The van der Waals surface area contributed by atoms with Gasteiger partial charge in [0.2, 0.25) is 5.60 Å². The van der Waals surface area contributed by atoms with Gasteiger partial charge in [0.15, 0.2) is 0 Å². The average Bonchev–Trinajstić information content (AvgIpc) is 2.74. The molecular formula is C22H26FNO3. The highest BCUT2D eigenvalue weighted by molar-refractivity contribution is 5.85. The smallest absolute Gasteiger partial charge is 0.348 e. The number of rotatable bonds is 6. The van der Waals surface area contributed by atoms with Gasteiger partial charge in [-0.3, -0.25) is 4.90 Å². The van der Waals surface area contributed by atoms with Crippen LogP contribution in [0.1, 0.15) is 30.9 Å². The lowest BCUT2D eigenvalue weighted by molar-refractivity contribution is -0.170. The fourth-order valence-electron chi connectivity index (χ4n) is 3.56. The summed E-state index contributed by atoms with van der Waals surface area (Å²) in [5, 5.41) is 11.4. The predicted octanol–water partition coefficient (Wildman–Crippen LogP) is 3.29. The van der Waals surface area contributed by atoms with Gasteiger partial charge < -0.3 is 9.84 Å². The Balaban J connectivity index is 1.84. The summed E-state index contributed by atoms with van der Waals surface area (Å²) in [4.78, 5) is 15.1. The molecule has 2 atom stereocenters. The number of benzene rings is 2. The molecule has 27 heavy (non-hydrogen) atoms. The minimum absolute atomic E-state index is 0.200. The van der Waals surface area contributed by atoms with E-state index in [-0.39, 0.29) is 12.1 Å². The van der Waals surface area contributed by atoms with E-state index in [1.807, 2.05) is 24.0 Å². The van der Waals surface area contributed by atoms with Gasteiger partial charge in [-0.15, -0.1) is 0 Å². The molecule has 1 N–H and O–H groups in total. The molecule has 0 aliphatic carbocycles. The van der Waals surface area contributed by atoms with Crippen LogP contribution in [0.4, 0.5) is 4.39 Å². The number of ether oxygens (including phenoxy) is 1. The number of nitrogens with zero attached hydrogens (tertiary/aromatic N) is 1. The topological polar surface area (TPSA) is 49.8 Å². The van der Waals surface area contributed by atoms with Crippen LogP contribution in [0.3, 0.4) is 0 Å². The van der Waals surface area contributed by atoms with Crippen LogP contribution in [-0.2, 0) is 15.1 Å². The standard InChI is InChI=1S/C22H26FNO3/c1-17(15-23)24-14-8-13-20(16-24)27-21(25)22(26,18-9-4-2-5-10-18)19-11-6-3-7-12-19/h2-7,9-12,17,20,26H,8,13-16H2,1H3. The molecule has 2 unspecified atom stereocenters. The van der Waals surface area contributed by atoms with Crippen molar-refractivity contribution in [2.45, 2.75) is 37.5 Å². The highest BCUT2D eigenvalue weighted by Gasteiger charge is 2.43. The van der Waals surface area contributed by atoms with Crippen molar-refractivity contribution in [1.82, 2.24) is 4.90 Å². The quantitative estimate of drug-likeness (QED) is 0.792. The molecule has 144 valence electrons. The third-order valence-electron chi connectivity index (χ3n) is 5.21. The first-order valence-electron chi connectivity index (χ1n) is 9.40. The Morgan fingerprint density at radius 3 is 2.26 bits per heavy atom. The minimum Gasteiger partial charge on any atom is -0.458 e. The Labute approximate surface area is 159 Å². The van der Waals surface area contributed by atoms with Gasteiger partial charge in [0.25, 0.3) is 0 Å². The van der Waals surface area contributed by atoms with Gasteiger partial charge in [-0.1, -0.05) is 60.7 Å². The van der Waals surface area contributed by atoms with E-state index in [0.717, 1.165) is 13.0 Å². The Morgan fingerprint density at radius 1 is 1.19 bits per heavy atom. The highest BCUT2D eigenvalue weighted by Crippen LogP contribution is 2.32. The van der Waals surface area contributed by atoms with Gasteiger partial charge in [-0.25, -0.2) is 9.18 Å². The second-order valence-electron chi connectivity index (χ2n) is 7.11. The summed E-state index contributed by atoms with van der Waals surface area (Å²) in [7, 11) is 0. The summed E-state index contributed by atoms with van der Waals surface area (Å²) < 4.78 is 18.7. The summed E-state index contributed by atoms with van der Waals surface area (Å²) in [6.07, 6.45) is 1.18. The van der Waals surface area contributed by atoms with Crippen molar-refractivity contribution in [2.75, 3.05) is 19.8 Å². The molecule has 2 aromatic carbocycles. The van der Waals surface area contributed by atoms with Crippen LogP contribution in [0.15, 0.2) is 60.7 Å². The molecule has 4 nitrogen and oxygen atoms in total. The molecule has 3 rings (SSSR count). The van der Waals surface area contributed by atoms with E-state index in [0.29, 0.717) is 24.1 Å². The second-order valence-corrected chi connectivity index (χ2v) is 7.11. The third-order valence-corrected chi connectivity index (χ3v) is 5.21. The van der Waals surface area contributed by atoms with Gasteiger partial charge in [0, 0.05) is 12.6 Å². The average molecular weight is 371 g/mol. The fourth-order valence-corrected chi connectivity index (χ4v) is 3.56. The number of aliphatic hydroxyl groups is 1. The van der Waals surface area contributed by atoms with Crippen LogP contribution in [0.5, 0.6) is 0 Å². The first-order valence-corrected chi connectivity index (χ1v) is 9.40. The molecule has 0 bridgehead atoms. The zero-order valence-electron chi connectivity index (χ0n) is 15.6. The Kier molecular flexibility index (Phi) is 6.24. The van der Waals surface area contributed by atoms with Crippen LogP contribution < -0.4 is 0 Å². The van der Waals surface area contributed by atoms with Crippen LogP contribution in [-0.4, -0.2) is 47.9 Å². The minimum atomic E-state index is -1.88. The van der Waals surface area contributed by atoms with E-state index in [4.69, 9.17) is 4.74 Å². The number of piperidine rings is 1. The predicted molar refractivity (Wildman–Crippen MR) is 102 cm³/mol. The Hall–Kier alpha value is -2.24. The van der Waals surface area contributed by atoms with Crippen molar-refractivity contribution in [3.63, 3.8) is 0 Å². The number of carbonyl (C=O) groups excluding carboxylic acids is 1. The van der Waals surface area contributed by atoms with Crippen LogP contribution in [0.25, 0.3) is 0 Å². The molecule has 2 aromatic rings. The molecular weight excluding hydrogens is 345 g/mol. The molecule has 1 saturated heterocycles. The van der Waals surface area contributed by atoms with Crippen LogP contribution >= 0.6 is 0 Å². The van der Waals surface area contributed by atoms with E-state index >= 15 is 0 Å². The van der Waals surface area contributed by atoms with Crippen molar-refractivity contribution in [2.24, 2.45) is 0 Å². The van der Waals surface area contributed by atoms with Crippen molar-refractivity contribution >= 4 is 5.97 Å². The van der Waals surface area contributed by atoms with Gasteiger partial charge in [0.1, 0.15) is 12.8 Å². The van der Waals surface area contributed by atoms with Gasteiger partial charge >= 0.3 is 5.97 Å². The van der Waals surface area contributed by atoms with E-state index in [2.05, 4.69) is 0 Å². The highest BCUT2D eigenvalue weighted by atomic mass is 19.1. The molecule has 1 heterocycles. The molecule has 0 amide bonds. The summed E-state index contributed by atoms with van der Waals surface area (Å²) in [5.74, 6) is -0.695. The molecule has 1 aliphatic rings. The molecule has 0 radical (unpaired) electrons. The van der Waals surface area contributed by atoms with Crippen molar-refractivity contribution in [1.29, 1.82) is 0 Å². The number of halogens is 1. The monoisotopic (exact) mass is 371 g/mol. The molecule has 5 heteroatoms. The van der Waals surface area contributed by atoms with Crippen molar-refractivity contribution in [3.05, 3.63) is 71.8 Å². The number of likely N-dealkylation sites (tertiary alicyclic amines) is 1. The molecule has 0 aromatic heterocycles. The summed E-state index contributed by atoms with van der Waals surface area (Å²) in [6.45, 7) is 2.67. The van der Waals surface area contributed by atoms with E-state index in [1.165, 1.54) is 0 Å². The van der Waals surface area contributed by atoms with Crippen LogP contribution in [0, 0.1) is 0 Å². The van der Waals surface area contributed by atoms with Gasteiger partial charge in [0.05, 0.1) is 0 Å². The summed E-state index contributed by atoms with van der Waals surface area (Å²) in [6, 6.07) is 17.4. The maximum absolute atomic E-state index is 13.1. The van der Waals surface area contributed by atoms with E-state index < -0.39 is 18.2 Å². The Morgan fingerprint density at radius 2 is 1.74 bits per heavy atom. The van der Waals surface area contributed by atoms with Crippen LogP contribution in [0.2, 0.25) is 0 Å². The lowest BCUT2D eigenvalue weighted by Crippen LogP contribution is -2.48. The molecule has 0 spiro atoms. The molecule has 1 fully saturated rings. The van der Waals surface area contributed by atoms with Crippen molar-refractivity contribution < 1.29 is 19.0 Å². The van der Waals surface area contributed by atoms with E-state index in [9.17, 15) is 14.3 Å². The zero-order valence-corrected chi connectivity index (χ0v) is 15.6. The maximum Gasteiger partial charge on any atom is 0.348 e. The largest absolute Gasteiger partial charge is 0.458 e. The van der Waals surface area contributed by atoms with Crippen molar-refractivity contribution in [3.8, 4) is 0 Å². The molecule has 1 aliphatic heterocycles. The van der Waals surface area contributed by atoms with E-state index in [1.54, 1.807) is 48.5 Å². The first-order chi connectivity index (χ1) is 13.1. The summed E-state index contributed by atoms with van der Waals surface area (Å²) in [5.41, 5.74) is -0.951. The maximum atomic E-state index is 13.1. The fraction of sp³-hybridized carbons (Fsp3) is 0.409. The third kappa shape index (κ3) is 4.20. The number of alkyl halides is 1. The number of hydrogen-bond donors (Lipinski definition) is 1. The SMILES string of the molecule is CC(CF)N1CCCC(OC(=O)C(O)(c2ccccc2)c2ccccc2)C1. The second kappa shape index (κ2) is 8.63.